The number of hydrogen-bond acceptors (Lipinski definition) is 8. The van der Waals surface area contributed by atoms with Crippen molar-refractivity contribution in [2.24, 2.45) is 0 Å². The van der Waals surface area contributed by atoms with Gasteiger partial charge in [-0.1, -0.05) is 30.3 Å². The fourth-order valence-electron chi connectivity index (χ4n) is 4.78. The van der Waals surface area contributed by atoms with Crippen LogP contribution >= 0.6 is 0 Å². The predicted molar refractivity (Wildman–Crippen MR) is 130 cm³/mol. The van der Waals surface area contributed by atoms with Crippen LogP contribution in [0.4, 0.5) is 5.82 Å². The van der Waals surface area contributed by atoms with E-state index in [1.807, 2.05) is 12.3 Å². The molecule has 0 bridgehead atoms. The first-order chi connectivity index (χ1) is 16.6. The monoisotopic (exact) mass is 464 g/mol. The Labute approximate surface area is 199 Å². The number of esters is 1. The summed E-state index contributed by atoms with van der Waals surface area (Å²) >= 11 is 0. The van der Waals surface area contributed by atoms with Gasteiger partial charge in [-0.25, -0.2) is 9.97 Å². The molecule has 3 aromatic rings. The smallest absolute Gasteiger partial charge is 0.302 e. The summed E-state index contributed by atoms with van der Waals surface area (Å²) in [5, 5.41) is 1.03. The van der Waals surface area contributed by atoms with Crippen LogP contribution in [0.15, 0.2) is 48.9 Å². The maximum Gasteiger partial charge on any atom is 0.302 e. The molecule has 2 fully saturated rings. The molecule has 2 saturated heterocycles. The summed E-state index contributed by atoms with van der Waals surface area (Å²) in [5.41, 5.74) is 2.10. The highest BCUT2D eigenvalue weighted by Crippen LogP contribution is 2.30. The lowest BCUT2D eigenvalue weighted by Gasteiger charge is -2.38. The van der Waals surface area contributed by atoms with Gasteiger partial charge >= 0.3 is 5.97 Å². The van der Waals surface area contributed by atoms with E-state index in [4.69, 9.17) is 9.47 Å². The third kappa shape index (κ3) is 5.06. The van der Waals surface area contributed by atoms with Crippen LogP contribution in [0.3, 0.4) is 0 Å². The Kier molecular flexibility index (Phi) is 6.75. The molecule has 180 valence electrons. The molecule has 34 heavy (non-hydrogen) atoms. The number of anilines is 1. The van der Waals surface area contributed by atoms with E-state index in [9.17, 15) is 4.79 Å². The number of fused-ring (bicyclic) bond motifs is 1. The van der Waals surface area contributed by atoms with E-state index in [1.165, 1.54) is 12.5 Å². The van der Waals surface area contributed by atoms with Crippen LogP contribution in [0.1, 0.15) is 18.7 Å². The zero-order valence-corrected chi connectivity index (χ0v) is 19.8. The number of piperazine rings is 1. The Morgan fingerprint density at radius 3 is 2.65 bits per heavy atom. The Hall–Kier alpha value is -3.01. The van der Waals surface area contributed by atoms with Gasteiger partial charge in [-0.2, -0.15) is 0 Å². The molecular formula is C25H32N6O3. The SMILES string of the molecule is CC(=O)OC[C@@H]1CN(Cc2ccccc2)C[C@H](n2ccc3c(N4CCN(C)CC4)ncnc32)O1. The quantitative estimate of drug-likeness (QED) is 0.514. The second kappa shape index (κ2) is 10.1. The summed E-state index contributed by atoms with van der Waals surface area (Å²) < 4.78 is 13.8. The van der Waals surface area contributed by atoms with Crippen molar-refractivity contribution in [3.63, 3.8) is 0 Å². The van der Waals surface area contributed by atoms with Crippen molar-refractivity contribution in [1.29, 1.82) is 0 Å². The summed E-state index contributed by atoms with van der Waals surface area (Å²) in [6.07, 6.45) is 3.22. The van der Waals surface area contributed by atoms with Gasteiger partial charge in [0.05, 0.1) is 5.39 Å². The third-order valence-electron chi connectivity index (χ3n) is 6.55. The zero-order chi connectivity index (χ0) is 23.5. The number of nitrogens with zero attached hydrogens (tertiary/aromatic N) is 6. The zero-order valence-electron chi connectivity index (χ0n) is 19.8. The lowest BCUT2D eigenvalue weighted by molar-refractivity contribution is -0.161. The van der Waals surface area contributed by atoms with Crippen LogP contribution in [0.5, 0.6) is 0 Å². The van der Waals surface area contributed by atoms with Crippen LogP contribution < -0.4 is 4.90 Å². The lowest BCUT2D eigenvalue weighted by atomic mass is 10.2. The van der Waals surface area contributed by atoms with E-state index in [0.717, 1.165) is 49.6 Å². The van der Waals surface area contributed by atoms with Crippen LogP contribution in [0.25, 0.3) is 11.0 Å². The summed E-state index contributed by atoms with van der Waals surface area (Å²) in [5.74, 6) is 0.682. The maximum atomic E-state index is 11.4. The minimum atomic E-state index is -0.295. The number of morpholine rings is 1. The predicted octanol–water partition coefficient (Wildman–Crippen LogP) is 2.15. The van der Waals surface area contributed by atoms with Crippen molar-refractivity contribution >= 4 is 22.8 Å². The number of aromatic nitrogens is 3. The molecule has 2 aromatic heterocycles. The van der Waals surface area contributed by atoms with E-state index >= 15 is 0 Å². The molecule has 1 aromatic carbocycles. The molecule has 9 nitrogen and oxygen atoms in total. The summed E-state index contributed by atoms with van der Waals surface area (Å²) in [7, 11) is 2.15. The van der Waals surface area contributed by atoms with Gasteiger partial charge in [-0.15, -0.1) is 0 Å². The van der Waals surface area contributed by atoms with Gasteiger partial charge in [0.1, 0.15) is 36.7 Å². The molecule has 2 atom stereocenters. The minimum Gasteiger partial charge on any atom is -0.463 e. The molecule has 0 spiro atoms. The van der Waals surface area contributed by atoms with Gasteiger partial charge in [0, 0.05) is 58.9 Å². The van der Waals surface area contributed by atoms with Gasteiger partial charge in [0.2, 0.25) is 0 Å². The van der Waals surface area contributed by atoms with E-state index < -0.39 is 0 Å². The highest BCUT2D eigenvalue weighted by Gasteiger charge is 2.31. The van der Waals surface area contributed by atoms with Crippen molar-refractivity contribution < 1.29 is 14.3 Å². The largest absolute Gasteiger partial charge is 0.463 e. The van der Waals surface area contributed by atoms with Crippen molar-refractivity contribution in [3.05, 3.63) is 54.5 Å². The number of ether oxygens (including phenoxy) is 2. The highest BCUT2D eigenvalue weighted by atomic mass is 16.6. The van der Waals surface area contributed by atoms with Crippen molar-refractivity contribution in [1.82, 2.24) is 24.3 Å². The molecular weight excluding hydrogens is 432 g/mol. The normalized spacial score (nSPS) is 22.2. The number of benzene rings is 1. The summed E-state index contributed by atoms with van der Waals surface area (Å²) in [6, 6.07) is 12.5. The Morgan fingerprint density at radius 2 is 1.88 bits per heavy atom. The summed E-state index contributed by atoms with van der Waals surface area (Å²) in [4.78, 5) is 27.7. The van der Waals surface area contributed by atoms with Crippen molar-refractivity contribution in [2.75, 3.05) is 57.8 Å². The van der Waals surface area contributed by atoms with E-state index in [-0.39, 0.29) is 24.9 Å². The first-order valence-electron chi connectivity index (χ1n) is 11.9. The van der Waals surface area contributed by atoms with Gasteiger partial charge in [0.15, 0.2) is 0 Å². The minimum absolute atomic E-state index is 0.220. The molecule has 0 aliphatic carbocycles. The topological polar surface area (TPSA) is 76.0 Å². The molecule has 2 aliphatic rings. The number of carbonyl (C=O) groups is 1. The number of rotatable bonds is 6. The fourth-order valence-corrected chi connectivity index (χ4v) is 4.78. The molecule has 0 amide bonds. The van der Waals surface area contributed by atoms with Gasteiger partial charge in [-0.3, -0.25) is 9.69 Å². The first-order valence-corrected chi connectivity index (χ1v) is 11.9. The molecule has 5 rings (SSSR count). The highest BCUT2D eigenvalue weighted by molar-refractivity contribution is 5.88. The standard InChI is InChI=1S/C25H32N6O3/c1-19(32)33-17-21-15-29(14-20-6-4-3-5-7-20)16-23(34-21)31-9-8-22-24(26-18-27-25(22)31)30-12-10-28(2)11-13-30/h3-9,18,21,23H,10-17H2,1-2H3/t21-,23+/m0/s1. The molecule has 0 unspecified atom stereocenters. The second-order valence-electron chi connectivity index (χ2n) is 9.14. The van der Waals surface area contributed by atoms with Gasteiger partial charge < -0.3 is 23.8 Å². The number of likely N-dealkylation sites (N-methyl/N-ethyl adjacent to an activating group) is 1. The fraction of sp³-hybridized carbons (Fsp3) is 0.480. The average Bonchev–Trinajstić information content (AvgIpc) is 3.28. The molecule has 4 heterocycles. The Bertz CT molecular complexity index is 1110. The van der Waals surface area contributed by atoms with Crippen LogP contribution in [0, 0.1) is 0 Å². The van der Waals surface area contributed by atoms with Crippen LogP contribution in [-0.2, 0) is 20.8 Å². The van der Waals surface area contributed by atoms with Gasteiger partial charge in [0.25, 0.3) is 0 Å². The maximum absolute atomic E-state index is 11.4. The molecule has 0 saturated carbocycles. The van der Waals surface area contributed by atoms with E-state index in [0.29, 0.717) is 13.1 Å². The van der Waals surface area contributed by atoms with Crippen molar-refractivity contribution in [3.8, 4) is 0 Å². The number of carbonyl (C=O) groups excluding carboxylic acids is 1. The van der Waals surface area contributed by atoms with E-state index in [2.05, 4.69) is 66.6 Å². The van der Waals surface area contributed by atoms with Crippen molar-refractivity contribution in [2.45, 2.75) is 25.8 Å². The lowest BCUT2D eigenvalue weighted by Crippen LogP contribution is -2.47. The van der Waals surface area contributed by atoms with Crippen LogP contribution in [-0.4, -0.2) is 89.3 Å². The molecule has 0 N–H and O–H groups in total. The summed E-state index contributed by atoms with van der Waals surface area (Å²) in [6.45, 7) is 7.80. The second-order valence-corrected chi connectivity index (χ2v) is 9.14. The Morgan fingerprint density at radius 1 is 1.09 bits per heavy atom. The first kappa shape index (κ1) is 22.8. The Balaban J connectivity index is 1.40. The molecule has 0 radical (unpaired) electrons. The average molecular weight is 465 g/mol. The number of hydrogen-bond donors (Lipinski definition) is 0. The van der Waals surface area contributed by atoms with Crippen LogP contribution in [0.2, 0.25) is 0 Å². The van der Waals surface area contributed by atoms with Gasteiger partial charge in [-0.05, 0) is 18.7 Å². The third-order valence-corrected chi connectivity index (χ3v) is 6.55. The molecule has 9 heteroatoms. The van der Waals surface area contributed by atoms with E-state index in [1.54, 1.807) is 6.33 Å². The molecule has 2 aliphatic heterocycles.